The summed E-state index contributed by atoms with van der Waals surface area (Å²) in [7, 11) is 0.147. The Morgan fingerprint density at radius 1 is 1.08 bits per heavy atom. The highest BCUT2D eigenvalue weighted by atomic mass is 32.2. The minimum Gasteiger partial charge on any atom is -0.164 e. The molecular weight excluding hydrogens is 176 g/mol. The highest BCUT2D eigenvalue weighted by molar-refractivity contribution is 8.17. The molecule has 1 unspecified atom stereocenters. The molecule has 0 amide bonds. The quantitative estimate of drug-likeness (QED) is 0.578. The molecule has 1 heteroatoms. The monoisotopic (exact) mass is 200 g/mol. The van der Waals surface area contributed by atoms with E-state index >= 15 is 0 Å². The lowest BCUT2D eigenvalue weighted by atomic mass is 9.93. The summed E-state index contributed by atoms with van der Waals surface area (Å²) in [6.45, 7) is 13.5. The zero-order chi connectivity index (χ0) is 10.7. The van der Waals surface area contributed by atoms with Gasteiger partial charge < -0.3 is 0 Å². The fourth-order valence-corrected chi connectivity index (χ4v) is 1.46. The van der Waals surface area contributed by atoms with E-state index in [1.807, 2.05) is 0 Å². The van der Waals surface area contributed by atoms with Crippen LogP contribution >= 0.6 is 10.5 Å². The normalized spacial score (nSPS) is 16.5. The molecule has 0 bridgehead atoms. The first-order valence-corrected chi connectivity index (χ1v) is 6.28. The molecule has 0 aliphatic rings. The molecule has 0 aliphatic carbocycles. The van der Waals surface area contributed by atoms with Crippen molar-refractivity contribution in [2.24, 2.45) is 5.41 Å². The predicted molar refractivity (Wildman–Crippen MR) is 67.7 cm³/mol. The zero-order valence-corrected chi connectivity index (χ0v) is 10.8. The van der Waals surface area contributed by atoms with Gasteiger partial charge in [0.15, 0.2) is 0 Å². The number of hydrogen-bond acceptors (Lipinski definition) is 0. The molecule has 0 saturated heterocycles. The third-order valence-electron chi connectivity index (χ3n) is 1.78. The van der Waals surface area contributed by atoms with E-state index in [9.17, 15) is 0 Å². The molecule has 0 aromatic carbocycles. The van der Waals surface area contributed by atoms with Gasteiger partial charge in [0.05, 0.1) is 0 Å². The lowest BCUT2D eigenvalue weighted by Crippen LogP contribution is -2.08. The van der Waals surface area contributed by atoms with Crippen LogP contribution in [0.2, 0.25) is 0 Å². The van der Waals surface area contributed by atoms with Gasteiger partial charge in [-0.2, -0.15) is 10.5 Å². The molecule has 0 spiro atoms. The van der Waals surface area contributed by atoms with Crippen LogP contribution in [0.4, 0.5) is 0 Å². The Morgan fingerprint density at radius 3 is 1.85 bits per heavy atom. The summed E-state index contributed by atoms with van der Waals surface area (Å²) in [6.07, 6.45) is 3.42. The summed E-state index contributed by atoms with van der Waals surface area (Å²) in [4.78, 5) is 0. The second-order valence-corrected chi connectivity index (χ2v) is 8.03. The van der Waals surface area contributed by atoms with Crippen LogP contribution in [-0.4, -0.2) is 10.6 Å². The lowest BCUT2D eigenvalue weighted by molar-refractivity contribution is 0.421. The zero-order valence-electron chi connectivity index (χ0n) is 9.98. The van der Waals surface area contributed by atoms with E-state index in [-0.39, 0.29) is 10.5 Å². The van der Waals surface area contributed by atoms with Crippen molar-refractivity contribution in [3.63, 3.8) is 0 Å². The van der Waals surface area contributed by atoms with Crippen molar-refractivity contribution in [2.75, 3.05) is 0 Å². The van der Waals surface area contributed by atoms with E-state index in [2.05, 4.69) is 58.9 Å². The molecule has 0 saturated carbocycles. The molecule has 0 rings (SSSR count). The molecule has 0 nitrogen and oxygen atoms in total. The van der Waals surface area contributed by atoms with Crippen LogP contribution in [0.5, 0.6) is 0 Å². The van der Waals surface area contributed by atoms with Crippen molar-refractivity contribution in [3.8, 4) is 0 Å². The van der Waals surface area contributed by atoms with Gasteiger partial charge in [-0.25, -0.2) is 0 Å². The van der Waals surface area contributed by atoms with Gasteiger partial charge in [-0.05, 0) is 17.2 Å². The SMILES string of the molecule is C=S(/C=C\CC(C)(C)C)C(C)(C)C. The largest absolute Gasteiger partial charge is 0.164 e. The Balaban J connectivity index is 4.09. The van der Waals surface area contributed by atoms with Crippen LogP contribution < -0.4 is 0 Å². The topological polar surface area (TPSA) is 0 Å². The maximum absolute atomic E-state index is 4.17. The van der Waals surface area contributed by atoms with E-state index in [0.29, 0.717) is 10.2 Å². The minimum atomic E-state index is 0.147. The Hall–Kier alpha value is -0.0400. The van der Waals surface area contributed by atoms with Crippen LogP contribution in [0.25, 0.3) is 0 Å². The maximum atomic E-state index is 4.17. The van der Waals surface area contributed by atoms with Crippen molar-refractivity contribution in [1.82, 2.24) is 0 Å². The van der Waals surface area contributed by atoms with Crippen molar-refractivity contribution in [2.45, 2.75) is 52.7 Å². The van der Waals surface area contributed by atoms with Gasteiger partial charge in [-0.3, -0.25) is 0 Å². The van der Waals surface area contributed by atoms with Crippen LogP contribution in [0, 0.1) is 5.41 Å². The first kappa shape index (κ1) is 13.0. The summed E-state index contributed by atoms with van der Waals surface area (Å²) < 4.78 is 0.314. The summed E-state index contributed by atoms with van der Waals surface area (Å²) in [6, 6.07) is 0. The van der Waals surface area contributed by atoms with E-state index in [1.54, 1.807) is 0 Å². The molecule has 13 heavy (non-hydrogen) atoms. The molecule has 0 aliphatic heterocycles. The fraction of sp³-hybridized carbons (Fsp3) is 0.750. The maximum Gasteiger partial charge on any atom is 0.00578 e. The van der Waals surface area contributed by atoms with E-state index in [1.165, 1.54) is 0 Å². The van der Waals surface area contributed by atoms with Crippen molar-refractivity contribution < 1.29 is 0 Å². The summed E-state index contributed by atoms with van der Waals surface area (Å²) >= 11 is 0. The fourth-order valence-electron chi connectivity index (χ4n) is 0.722. The molecule has 78 valence electrons. The minimum absolute atomic E-state index is 0.147. The molecule has 0 radical (unpaired) electrons. The Bertz CT molecular complexity index is 198. The van der Waals surface area contributed by atoms with Crippen LogP contribution in [0.1, 0.15) is 48.0 Å². The first-order valence-electron chi connectivity index (χ1n) is 4.82. The average molecular weight is 200 g/mol. The van der Waals surface area contributed by atoms with E-state index in [0.717, 1.165) is 6.42 Å². The second-order valence-electron chi connectivity index (χ2n) is 5.68. The average Bonchev–Trinajstić information content (AvgIpc) is 1.82. The molecule has 0 heterocycles. The Morgan fingerprint density at radius 2 is 1.54 bits per heavy atom. The number of rotatable bonds is 2. The van der Waals surface area contributed by atoms with E-state index in [4.69, 9.17) is 0 Å². The summed E-state index contributed by atoms with van der Waals surface area (Å²) in [5, 5.41) is 2.27. The lowest BCUT2D eigenvalue weighted by Gasteiger charge is -2.21. The third-order valence-corrected chi connectivity index (χ3v) is 3.87. The first-order chi connectivity index (χ1) is 5.63. The second kappa shape index (κ2) is 4.45. The standard InChI is InChI=1S/C12H24S/c1-11(2,3)9-8-10-13(7)12(4,5)6/h8,10H,7,9H2,1-6H3/b10-8-. The molecule has 1 atom stereocenters. The van der Waals surface area contributed by atoms with Crippen molar-refractivity contribution in [1.29, 1.82) is 0 Å². The molecule has 0 N–H and O–H groups in total. The smallest absolute Gasteiger partial charge is 0.00578 e. The van der Waals surface area contributed by atoms with Gasteiger partial charge in [0.25, 0.3) is 0 Å². The van der Waals surface area contributed by atoms with Crippen molar-refractivity contribution >= 4 is 16.4 Å². The van der Waals surface area contributed by atoms with Gasteiger partial charge in [-0.15, -0.1) is 0 Å². The predicted octanol–water partition coefficient (Wildman–Crippen LogP) is 4.44. The van der Waals surface area contributed by atoms with Gasteiger partial charge in [0.2, 0.25) is 0 Å². The highest BCUT2D eigenvalue weighted by Gasteiger charge is 2.11. The Labute approximate surface area is 86.4 Å². The number of allylic oxidation sites excluding steroid dienone is 1. The van der Waals surface area contributed by atoms with Gasteiger partial charge >= 0.3 is 0 Å². The van der Waals surface area contributed by atoms with Crippen LogP contribution in [0.15, 0.2) is 11.5 Å². The van der Waals surface area contributed by atoms with Gasteiger partial charge in [0, 0.05) is 4.75 Å². The summed E-state index contributed by atoms with van der Waals surface area (Å²) in [5.74, 6) is 4.17. The summed E-state index contributed by atoms with van der Waals surface area (Å²) in [5.41, 5.74) is 0.401. The van der Waals surface area contributed by atoms with E-state index < -0.39 is 0 Å². The van der Waals surface area contributed by atoms with Gasteiger partial charge in [-0.1, -0.05) is 53.5 Å². The van der Waals surface area contributed by atoms with Crippen LogP contribution in [0.3, 0.4) is 0 Å². The highest BCUT2D eigenvalue weighted by Crippen LogP contribution is 2.31. The molecular formula is C12H24S. The van der Waals surface area contributed by atoms with Gasteiger partial charge in [0.1, 0.15) is 0 Å². The number of hydrogen-bond donors (Lipinski definition) is 0. The van der Waals surface area contributed by atoms with Crippen molar-refractivity contribution in [3.05, 3.63) is 11.5 Å². The molecule has 0 fully saturated rings. The molecule has 0 aromatic rings. The van der Waals surface area contributed by atoms with Crippen LogP contribution in [-0.2, 0) is 0 Å². The third kappa shape index (κ3) is 7.06. The Kier molecular flexibility index (Phi) is 4.44. The molecule has 0 aromatic heterocycles.